The van der Waals surface area contributed by atoms with Crippen molar-refractivity contribution < 1.29 is 9.84 Å². The zero-order valence-electron chi connectivity index (χ0n) is 9.63. The summed E-state index contributed by atoms with van der Waals surface area (Å²) in [4.78, 5) is 0. The van der Waals surface area contributed by atoms with Crippen molar-refractivity contribution in [3.63, 3.8) is 0 Å². The highest BCUT2D eigenvalue weighted by Gasteiger charge is 2.10. The van der Waals surface area contributed by atoms with E-state index in [1.54, 1.807) is 13.3 Å². The second-order valence-corrected chi connectivity index (χ2v) is 3.76. The van der Waals surface area contributed by atoms with E-state index < -0.39 is 0 Å². The Bertz CT molecular complexity index is 485. The molecule has 17 heavy (non-hydrogen) atoms. The molecule has 1 atom stereocenters. The molecule has 2 rings (SSSR count). The van der Waals surface area contributed by atoms with Crippen LogP contribution >= 0.6 is 0 Å². The van der Waals surface area contributed by atoms with Gasteiger partial charge in [-0.25, -0.2) is 0 Å². The molecule has 0 fully saturated rings. The van der Waals surface area contributed by atoms with E-state index >= 15 is 0 Å². The van der Waals surface area contributed by atoms with E-state index in [0.29, 0.717) is 12.4 Å². The minimum Gasteiger partial charge on any atom is -0.394 e. The van der Waals surface area contributed by atoms with Gasteiger partial charge in [-0.05, 0) is 0 Å². The summed E-state index contributed by atoms with van der Waals surface area (Å²) in [6.45, 7) is 0.403. The molecular formula is C12H15N3O2. The molecule has 0 amide bonds. The quantitative estimate of drug-likeness (QED) is 0.808. The maximum atomic E-state index is 9.20. The van der Waals surface area contributed by atoms with Gasteiger partial charge in [-0.1, -0.05) is 24.3 Å². The number of rotatable bonds is 5. The van der Waals surface area contributed by atoms with Crippen molar-refractivity contribution in [1.82, 2.24) is 10.2 Å². The fourth-order valence-corrected chi connectivity index (χ4v) is 1.67. The number of aliphatic hydroxyl groups is 1. The molecule has 0 aliphatic heterocycles. The second kappa shape index (κ2) is 5.56. The van der Waals surface area contributed by atoms with E-state index in [1.165, 1.54) is 0 Å². The fourth-order valence-electron chi connectivity index (χ4n) is 1.67. The highest BCUT2D eigenvalue weighted by atomic mass is 16.5. The normalized spacial score (nSPS) is 12.6. The van der Waals surface area contributed by atoms with Crippen LogP contribution in [0.3, 0.4) is 0 Å². The summed E-state index contributed by atoms with van der Waals surface area (Å²) in [7, 11) is 1.60. The number of nitrogens with zero attached hydrogens (tertiary/aromatic N) is 2. The Morgan fingerprint density at radius 1 is 1.41 bits per heavy atom. The predicted octanol–water partition coefficient (Wildman–Crippen LogP) is 1.05. The molecular weight excluding hydrogens is 218 g/mol. The molecule has 2 N–H and O–H groups in total. The van der Waals surface area contributed by atoms with Gasteiger partial charge >= 0.3 is 0 Å². The van der Waals surface area contributed by atoms with Gasteiger partial charge in [-0.3, -0.25) is 0 Å². The Morgan fingerprint density at radius 3 is 3.00 bits per heavy atom. The van der Waals surface area contributed by atoms with E-state index in [0.717, 1.165) is 10.8 Å². The molecule has 1 heterocycles. The number of aromatic nitrogens is 2. The SMILES string of the molecule is COCC(CO)Nc1nncc2ccccc12. The third-order valence-electron chi connectivity index (χ3n) is 2.50. The molecule has 5 nitrogen and oxygen atoms in total. The van der Waals surface area contributed by atoms with Crippen LogP contribution in [0.5, 0.6) is 0 Å². The Morgan fingerprint density at radius 2 is 2.24 bits per heavy atom. The van der Waals surface area contributed by atoms with Crippen LogP contribution in [0.4, 0.5) is 5.82 Å². The van der Waals surface area contributed by atoms with Crippen molar-refractivity contribution in [2.24, 2.45) is 0 Å². The molecule has 1 unspecified atom stereocenters. The Kier molecular flexibility index (Phi) is 3.85. The maximum Gasteiger partial charge on any atom is 0.156 e. The molecule has 1 aromatic heterocycles. The lowest BCUT2D eigenvalue weighted by Gasteiger charge is -2.16. The average Bonchev–Trinajstić information content (AvgIpc) is 2.38. The van der Waals surface area contributed by atoms with Gasteiger partial charge in [0.1, 0.15) is 0 Å². The number of methoxy groups -OCH3 is 1. The molecule has 2 aromatic rings. The molecule has 90 valence electrons. The van der Waals surface area contributed by atoms with Crippen LogP contribution in [0.2, 0.25) is 0 Å². The summed E-state index contributed by atoms with van der Waals surface area (Å²) in [6.07, 6.45) is 1.71. The number of aliphatic hydroxyl groups excluding tert-OH is 1. The minimum atomic E-state index is -0.180. The van der Waals surface area contributed by atoms with Crippen LogP contribution in [-0.2, 0) is 4.74 Å². The molecule has 0 aliphatic carbocycles. The predicted molar refractivity (Wildman–Crippen MR) is 65.9 cm³/mol. The molecule has 0 spiro atoms. The van der Waals surface area contributed by atoms with Gasteiger partial charge in [0.25, 0.3) is 0 Å². The second-order valence-electron chi connectivity index (χ2n) is 3.76. The lowest BCUT2D eigenvalue weighted by Crippen LogP contribution is -2.29. The van der Waals surface area contributed by atoms with E-state index in [9.17, 15) is 5.11 Å². The van der Waals surface area contributed by atoms with Gasteiger partial charge in [0.15, 0.2) is 5.82 Å². The lowest BCUT2D eigenvalue weighted by molar-refractivity contribution is 0.153. The summed E-state index contributed by atoms with van der Waals surface area (Å²) in [5, 5.41) is 22.3. The van der Waals surface area contributed by atoms with Gasteiger partial charge in [-0.2, -0.15) is 5.10 Å². The van der Waals surface area contributed by atoms with Crippen LogP contribution in [0.15, 0.2) is 30.5 Å². The molecule has 0 saturated heterocycles. The lowest BCUT2D eigenvalue weighted by atomic mass is 10.2. The summed E-state index contributed by atoms with van der Waals surface area (Å²) in [5.41, 5.74) is 0. The van der Waals surface area contributed by atoms with Gasteiger partial charge < -0.3 is 15.2 Å². The van der Waals surface area contributed by atoms with Crippen LogP contribution in [0.25, 0.3) is 10.8 Å². The first-order chi connectivity index (χ1) is 8.35. The third-order valence-corrected chi connectivity index (χ3v) is 2.50. The maximum absolute atomic E-state index is 9.20. The first-order valence-corrected chi connectivity index (χ1v) is 5.42. The van der Waals surface area contributed by atoms with Crippen molar-refractivity contribution in [2.75, 3.05) is 25.6 Å². The number of nitrogens with one attached hydrogen (secondary N) is 1. The van der Waals surface area contributed by atoms with Crippen LogP contribution < -0.4 is 5.32 Å². The minimum absolute atomic E-state index is 0.0151. The molecule has 5 heteroatoms. The summed E-state index contributed by atoms with van der Waals surface area (Å²) in [6, 6.07) is 7.65. The highest BCUT2D eigenvalue weighted by Crippen LogP contribution is 2.19. The van der Waals surface area contributed by atoms with Crippen LogP contribution in [0, 0.1) is 0 Å². The average molecular weight is 233 g/mol. The molecule has 0 radical (unpaired) electrons. The fraction of sp³-hybridized carbons (Fsp3) is 0.333. The topological polar surface area (TPSA) is 67.3 Å². The Hall–Kier alpha value is -1.72. The highest BCUT2D eigenvalue weighted by molar-refractivity contribution is 5.90. The summed E-state index contributed by atoms with van der Waals surface area (Å²) in [5.74, 6) is 0.666. The van der Waals surface area contributed by atoms with Gasteiger partial charge in [0.2, 0.25) is 0 Å². The molecule has 1 aromatic carbocycles. The van der Waals surface area contributed by atoms with Crippen molar-refractivity contribution in [1.29, 1.82) is 0 Å². The number of hydrogen-bond donors (Lipinski definition) is 2. The van der Waals surface area contributed by atoms with Crippen LogP contribution in [0.1, 0.15) is 0 Å². The van der Waals surface area contributed by atoms with E-state index in [4.69, 9.17) is 4.74 Å². The first kappa shape index (κ1) is 11.8. The summed E-state index contributed by atoms with van der Waals surface area (Å²) >= 11 is 0. The zero-order chi connectivity index (χ0) is 12.1. The van der Waals surface area contributed by atoms with Crippen LogP contribution in [-0.4, -0.2) is 41.7 Å². The number of benzene rings is 1. The van der Waals surface area contributed by atoms with Gasteiger partial charge in [0, 0.05) is 17.9 Å². The third kappa shape index (κ3) is 2.69. The van der Waals surface area contributed by atoms with Gasteiger partial charge in [0.05, 0.1) is 25.5 Å². The standard InChI is InChI=1S/C12H15N3O2/c1-17-8-10(7-16)14-12-11-5-3-2-4-9(11)6-13-15-12/h2-6,10,16H,7-8H2,1H3,(H,14,15). The summed E-state index contributed by atoms with van der Waals surface area (Å²) < 4.78 is 5.01. The van der Waals surface area contributed by atoms with Crippen molar-refractivity contribution >= 4 is 16.6 Å². The molecule has 0 bridgehead atoms. The molecule has 0 aliphatic rings. The van der Waals surface area contributed by atoms with E-state index in [-0.39, 0.29) is 12.6 Å². The Balaban J connectivity index is 2.28. The number of anilines is 1. The zero-order valence-corrected chi connectivity index (χ0v) is 9.63. The smallest absolute Gasteiger partial charge is 0.156 e. The number of fused-ring (bicyclic) bond motifs is 1. The monoisotopic (exact) mass is 233 g/mol. The van der Waals surface area contributed by atoms with Crippen molar-refractivity contribution in [3.05, 3.63) is 30.5 Å². The van der Waals surface area contributed by atoms with E-state index in [2.05, 4.69) is 15.5 Å². The van der Waals surface area contributed by atoms with E-state index in [1.807, 2.05) is 24.3 Å². The first-order valence-electron chi connectivity index (χ1n) is 5.42. The van der Waals surface area contributed by atoms with Gasteiger partial charge in [-0.15, -0.1) is 5.10 Å². The largest absolute Gasteiger partial charge is 0.394 e. The van der Waals surface area contributed by atoms with Crippen molar-refractivity contribution in [2.45, 2.75) is 6.04 Å². The number of ether oxygens (including phenoxy) is 1. The number of hydrogen-bond acceptors (Lipinski definition) is 5. The Labute approximate surface area is 99.4 Å². The molecule has 0 saturated carbocycles. The van der Waals surface area contributed by atoms with Crippen molar-refractivity contribution in [3.8, 4) is 0 Å².